The van der Waals surface area contributed by atoms with Gasteiger partial charge in [-0.1, -0.05) is 23.4 Å². The highest BCUT2D eigenvalue weighted by Gasteiger charge is 2.19. The Morgan fingerprint density at radius 1 is 1.44 bits per heavy atom. The Kier molecular flexibility index (Phi) is 2.17. The molecule has 1 aliphatic rings. The largest absolute Gasteiger partial charge is 0.392 e. The maximum absolute atomic E-state index is 5.36. The fourth-order valence-electron chi connectivity index (χ4n) is 2.22. The molecule has 0 saturated carbocycles. The van der Waals surface area contributed by atoms with Gasteiger partial charge in [-0.25, -0.2) is 0 Å². The van der Waals surface area contributed by atoms with E-state index in [-0.39, 0.29) is 6.10 Å². The second-order valence-electron chi connectivity index (χ2n) is 4.32. The van der Waals surface area contributed by atoms with Crippen molar-refractivity contribution in [3.05, 3.63) is 36.0 Å². The van der Waals surface area contributed by atoms with Crippen LogP contribution in [0.15, 0.2) is 35.6 Å². The van der Waals surface area contributed by atoms with Gasteiger partial charge in [0.2, 0.25) is 0 Å². The summed E-state index contributed by atoms with van der Waals surface area (Å²) in [6.45, 7) is 2.01. The molecular formula is C13H14N2O. The average molecular weight is 214 g/mol. The molecule has 2 aromatic rings. The number of fused-ring (bicyclic) bond motifs is 1. The number of H-pyrrole nitrogens is 1. The van der Waals surface area contributed by atoms with Crippen LogP contribution in [0.4, 0.5) is 0 Å². The molecule has 1 atom stereocenters. The minimum Gasteiger partial charge on any atom is -0.392 e. The van der Waals surface area contributed by atoms with E-state index in [4.69, 9.17) is 4.84 Å². The second-order valence-corrected chi connectivity index (χ2v) is 4.32. The first-order chi connectivity index (χ1) is 7.83. The Morgan fingerprint density at radius 3 is 3.12 bits per heavy atom. The first-order valence-corrected chi connectivity index (χ1v) is 5.57. The van der Waals surface area contributed by atoms with E-state index in [2.05, 4.69) is 34.5 Å². The van der Waals surface area contributed by atoms with Crippen LogP contribution in [-0.2, 0) is 11.3 Å². The molecule has 82 valence electrons. The fourth-order valence-corrected chi connectivity index (χ4v) is 2.22. The van der Waals surface area contributed by atoms with Crippen molar-refractivity contribution in [3.63, 3.8) is 0 Å². The van der Waals surface area contributed by atoms with Crippen LogP contribution in [0.25, 0.3) is 10.9 Å². The zero-order chi connectivity index (χ0) is 11.0. The number of benzene rings is 1. The molecule has 2 heterocycles. The van der Waals surface area contributed by atoms with E-state index < -0.39 is 0 Å². The first-order valence-electron chi connectivity index (χ1n) is 5.57. The zero-order valence-electron chi connectivity index (χ0n) is 9.23. The molecule has 1 aromatic carbocycles. The quantitative estimate of drug-likeness (QED) is 0.820. The summed E-state index contributed by atoms with van der Waals surface area (Å²) in [5.41, 5.74) is 3.59. The third-order valence-electron chi connectivity index (χ3n) is 3.00. The van der Waals surface area contributed by atoms with Crippen LogP contribution in [0.1, 0.15) is 18.9 Å². The molecular weight excluding hydrogens is 200 g/mol. The lowest BCUT2D eigenvalue weighted by atomic mass is 10.0. The topological polar surface area (TPSA) is 37.4 Å². The van der Waals surface area contributed by atoms with E-state index >= 15 is 0 Å². The summed E-state index contributed by atoms with van der Waals surface area (Å²) in [7, 11) is 0. The van der Waals surface area contributed by atoms with Crippen molar-refractivity contribution in [1.29, 1.82) is 0 Å². The molecule has 0 bridgehead atoms. The summed E-state index contributed by atoms with van der Waals surface area (Å²) in [6, 6.07) is 8.35. The van der Waals surface area contributed by atoms with E-state index in [1.165, 1.54) is 16.5 Å². The Labute approximate surface area is 94.1 Å². The number of aromatic amines is 1. The lowest BCUT2D eigenvalue weighted by molar-refractivity contribution is 0.0861. The number of hydrogen-bond acceptors (Lipinski definition) is 2. The van der Waals surface area contributed by atoms with Crippen LogP contribution in [0.3, 0.4) is 0 Å². The Hall–Kier alpha value is -1.77. The van der Waals surface area contributed by atoms with Gasteiger partial charge < -0.3 is 9.82 Å². The monoisotopic (exact) mass is 214 g/mol. The predicted molar refractivity (Wildman–Crippen MR) is 64.6 cm³/mol. The van der Waals surface area contributed by atoms with Crippen LogP contribution in [-0.4, -0.2) is 16.8 Å². The van der Waals surface area contributed by atoms with Gasteiger partial charge in [-0.2, -0.15) is 0 Å². The molecule has 0 radical (unpaired) electrons. The lowest BCUT2D eigenvalue weighted by Gasteiger charge is -2.06. The molecule has 0 saturated heterocycles. The van der Waals surface area contributed by atoms with Gasteiger partial charge in [0.1, 0.15) is 6.10 Å². The van der Waals surface area contributed by atoms with Crippen molar-refractivity contribution in [2.45, 2.75) is 25.9 Å². The van der Waals surface area contributed by atoms with Crippen LogP contribution in [0.5, 0.6) is 0 Å². The van der Waals surface area contributed by atoms with Crippen molar-refractivity contribution in [1.82, 2.24) is 4.98 Å². The fraction of sp³-hybridized carbons (Fsp3) is 0.308. The maximum atomic E-state index is 5.36. The maximum Gasteiger partial charge on any atom is 0.136 e. The Morgan fingerprint density at radius 2 is 2.31 bits per heavy atom. The van der Waals surface area contributed by atoms with Gasteiger partial charge >= 0.3 is 0 Å². The van der Waals surface area contributed by atoms with Gasteiger partial charge in [0.25, 0.3) is 0 Å². The Bertz CT molecular complexity index is 542. The lowest BCUT2D eigenvalue weighted by Crippen LogP contribution is -2.10. The van der Waals surface area contributed by atoms with Crippen LogP contribution < -0.4 is 0 Å². The third kappa shape index (κ3) is 1.58. The molecule has 0 aliphatic carbocycles. The molecule has 0 spiro atoms. The highest BCUT2D eigenvalue weighted by Crippen LogP contribution is 2.22. The number of rotatable bonds is 2. The standard InChI is InChI=1S/C13H14N2O/c1-9-6-11(16-15-9)7-10-8-14-13-5-3-2-4-12(10)13/h2-5,8,11,14H,6-7H2,1H3/t11-/m0/s1. The number of oxime groups is 1. The van der Waals surface area contributed by atoms with Crippen LogP contribution >= 0.6 is 0 Å². The van der Waals surface area contributed by atoms with Gasteiger partial charge in [-0.05, 0) is 18.6 Å². The number of nitrogens with one attached hydrogen (secondary N) is 1. The van der Waals surface area contributed by atoms with Gasteiger partial charge in [-0.15, -0.1) is 0 Å². The van der Waals surface area contributed by atoms with Crippen LogP contribution in [0.2, 0.25) is 0 Å². The number of hydrogen-bond donors (Lipinski definition) is 1. The molecule has 1 N–H and O–H groups in total. The van der Waals surface area contributed by atoms with E-state index in [9.17, 15) is 0 Å². The van der Waals surface area contributed by atoms with E-state index in [0.29, 0.717) is 0 Å². The van der Waals surface area contributed by atoms with Crippen molar-refractivity contribution in [2.24, 2.45) is 5.16 Å². The molecule has 3 nitrogen and oxygen atoms in total. The summed E-state index contributed by atoms with van der Waals surface area (Å²) >= 11 is 0. The van der Waals surface area contributed by atoms with Gasteiger partial charge in [0.15, 0.2) is 0 Å². The second kappa shape index (κ2) is 3.67. The summed E-state index contributed by atoms with van der Waals surface area (Å²) in [5, 5.41) is 5.27. The molecule has 0 amide bonds. The minimum absolute atomic E-state index is 0.208. The van der Waals surface area contributed by atoms with E-state index in [1.54, 1.807) is 0 Å². The number of para-hydroxylation sites is 1. The highest BCUT2D eigenvalue weighted by atomic mass is 16.6. The van der Waals surface area contributed by atoms with Crippen molar-refractivity contribution in [2.75, 3.05) is 0 Å². The molecule has 1 aliphatic heterocycles. The van der Waals surface area contributed by atoms with E-state index in [0.717, 1.165) is 18.6 Å². The van der Waals surface area contributed by atoms with Crippen molar-refractivity contribution in [3.8, 4) is 0 Å². The van der Waals surface area contributed by atoms with Gasteiger partial charge in [0, 0.05) is 29.9 Å². The van der Waals surface area contributed by atoms with Gasteiger partial charge in [0.05, 0.1) is 5.71 Å². The zero-order valence-corrected chi connectivity index (χ0v) is 9.23. The minimum atomic E-state index is 0.208. The molecule has 3 rings (SSSR count). The molecule has 16 heavy (non-hydrogen) atoms. The molecule has 1 aromatic heterocycles. The highest BCUT2D eigenvalue weighted by molar-refractivity contribution is 5.84. The van der Waals surface area contributed by atoms with Crippen molar-refractivity contribution >= 4 is 16.6 Å². The summed E-state index contributed by atoms with van der Waals surface area (Å²) in [6.07, 6.45) is 4.14. The molecule has 3 heteroatoms. The first kappa shape index (κ1) is 9.46. The van der Waals surface area contributed by atoms with E-state index in [1.807, 2.05) is 13.0 Å². The summed E-state index contributed by atoms with van der Waals surface area (Å²) in [5.74, 6) is 0. The average Bonchev–Trinajstić information content (AvgIpc) is 2.87. The van der Waals surface area contributed by atoms with Gasteiger partial charge in [-0.3, -0.25) is 0 Å². The smallest absolute Gasteiger partial charge is 0.136 e. The van der Waals surface area contributed by atoms with Crippen LogP contribution in [0, 0.1) is 0 Å². The van der Waals surface area contributed by atoms with Crippen molar-refractivity contribution < 1.29 is 4.84 Å². The number of nitrogens with zero attached hydrogens (tertiary/aromatic N) is 1. The Balaban J connectivity index is 1.85. The molecule has 0 unspecified atom stereocenters. The normalized spacial score (nSPS) is 19.8. The predicted octanol–water partition coefficient (Wildman–Crippen LogP) is 2.88. The summed E-state index contributed by atoms with van der Waals surface area (Å²) < 4.78 is 0. The SMILES string of the molecule is CC1=NO[C@H](Cc2c[nH]c3ccccc23)C1. The summed E-state index contributed by atoms with van der Waals surface area (Å²) in [4.78, 5) is 8.64. The third-order valence-corrected chi connectivity index (χ3v) is 3.00. The molecule has 0 fully saturated rings. The number of aromatic nitrogens is 1.